The Labute approximate surface area is 152 Å². The summed E-state index contributed by atoms with van der Waals surface area (Å²) in [5, 5.41) is 12.4. The van der Waals surface area contributed by atoms with E-state index >= 15 is 0 Å². The fourth-order valence-electron chi connectivity index (χ4n) is 2.32. The minimum absolute atomic E-state index is 0.0342. The molecule has 0 amide bonds. The van der Waals surface area contributed by atoms with Crippen molar-refractivity contribution in [3.8, 4) is 11.5 Å². The summed E-state index contributed by atoms with van der Waals surface area (Å²) < 4.78 is 12.3. The zero-order chi connectivity index (χ0) is 18.3. The predicted molar refractivity (Wildman–Crippen MR) is 98.8 cm³/mol. The van der Waals surface area contributed by atoms with Gasteiger partial charge < -0.3 is 19.9 Å². The molecular formula is C18H28BrNO4. The van der Waals surface area contributed by atoms with Gasteiger partial charge >= 0.3 is 5.97 Å². The molecule has 6 heteroatoms. The lowest BCUT2D eigenvalue weighted by atomic mass is 10.0. The van der Waals surface area contributed by atoms with Crippen LogP contribution in [0.1, 0.15) is 46.6 Å². The van der Waals surface area contributed by atoms with E-state index in [2.05, 4.69) is 21.2 Å². The molecule has 0 fully saturated rings. The first-order valence-electron chi connectivity index (χ1n) is 8.32. The van der Waals surface area contributed by atoms with Crippen LogP contribution in [0.25, 0.3) is 0 Å². The summed E-state index contributed by atoms with van der Waals surface area (Å²) in [6, 6.07) is 3.26. The molecule has 0 aliphatic carbocycles. The number of hydrogen-bond donors (Lipinski definition) is 2. The highest BCUT2D eigenvalue weighted by Gasteiger charge is 2.19. The monoisotopic (exact) mass is 401 g/mol. The summed E-state index contributed by atoms with van der Waals surface area (Å²) >= 11 is 3.52. The number of hydrogen-bond acceptors (Lipinski definition) is 4. The Morgan fingerprint density at radius 2 is 1.96 bits per heavy atom. The summed E-state index contributed by atoms with van der Waals surface area (Å²) in [7, 11) is 0. The molecule has 1 unspecified atom stereocenters. The molecule has 0 aliphatic heterocycles. The molecule has 1 rings (SSSR count). The van der Waals surface area contributed by atoms with Gasteiger partial charge in [-0.2, -0.15) is 0 Å². The fraction of sp³-hybridized carbons (Fsp3) is 0.611. The molecule has 136 valence electrons. The van der Waals surface area contributed by atoms with E-state index in [0.717, 1.165) is 10.0 Å². The number of carboxylic acids is 1. The Morgan fingerprint density at radius 3 is 2.46 bits per heavy atom. The summed E-state index contributed by atoms with van der Waals surface area (Å²) in [6.45, 7) is 10.8. The molecule has 0 radical (unpaired) electrons. The maximum Gasteiger partial charge on any atom is 0.320 e. The van der Waals surface area contributed by atoms with Crippen molar-refractivity contribution < 1.29 is 19.4 Å². The van der Waals surface area contributed by atoms with Gasteiger partial charge in [0.1, 0.15) is 6.04 Å². The van der Waals surface area contributed by atoms with E-state index in [1.54, 1.807) is 0 Å². The second-order valence-electron chi connectivity index (χ2n) is 6.41. The normalized spacial score (nSPS) is 12.5. The second-order valence-corrected chi connectivity index (χ2v) is 7.26. The molecule has 0 aromatic heterocycles. The first kappa shape index (κ1) is 20.8. The summed E-state index contributed by atoms with van der Waals surface area (Å²) in [4.78, 5) is 11.4. The molecule has 0 saturated heterocycles. The predicted octanol–water partition coefficient (Wildman–Crippen LogP) is 4.22. The fourth-order valence-corrected chi connectivity index (χ4v) is 2.90. The first-order valence-corrected chi connectivity index (χ1v) is 9.11. The zero-order valence-corrected chi connectivity index (χ0v) is 16.6. The number of carboxylic acid groups (broad SMARTS) is 1. The van der Waals surface area contributed by atoms with Crippen LogP contribution < -0.4 is 14.8 Å². The molecule has 0 aliphatic rings. The standard InChI is InChI=1S/C18H28BrNO4/c1-6-23-16-9-13(8-14(19)17(16)24-12(4)5)10-20-15(18(21)22)7-11(2)3/h8-9,11-12,15,20H,6-7,10H2,1-5H3,(H,21,22). The quantitative estimate of drug-likeness (QED) is 0.613. The van der Waals surface area contributed by atoms with Gasteiger partial charge in [-0.1, -0.05) is 13.8 Å². The molecular weight excluding hydrogens is 374 g/mol. The van der Waals surface area contributed by atoms with Crippen molar-refractivity contribution in [3.05, 3.63) is 22.2 Å². The van der Waals surface area contributed by atoms with Gasteiger partial charge in [0.15, 0.2) is 11.5 Å². The lowest BCUT2D eigenvalue weighted by molar-refractivity contribution is -0.140. The van der Waals surface area contributed by atoms with Crippen LogP contribution >= 0.6 is 15.9 Å². The summed E-state index contributed by atoms with van der Waals surface area (Å²) in [6.07, 6.45) is 0.621. The molecule has 1 aromatic rings. The Kier molecular flexibility index (Phi) is 8.56. The second kappa shape index (κ2) is 9.89. The van der Waals surface area contributed by atoms with Gasteiger partial charge in [0.05, 0.1) is 17.2 Å². The average Bonchev–Trinajstić information content (AvgIpc) is 2.46. The number of benzene rings is 1. The van der Waals surface area contributed by atoms with Crippen LogP contribution in [0.5, 0.6) is 11.5 Å². The van der Waals surface area contributed by atoms with Crippen molar-refractivity contribution in [2.75, 3.05) is 6.61 Å². The van der Waals surface area contributed by atoms with Gasteiger partial charge in [-0.15, -0.1) is 0 Å². The molecule has 0 bridgehead atoms. The Hall–Kier alpha value is -1.27. The number of halogens is 1. The molecule has 1 aromatic carbocycles. The average molecular weight is 402 g/mol. The third-order valence-electron chi connectivity index (χ3n) is 3.28. The summed E-state index contributed by atoms with van der Waals surface area (Å²) in [5.41, 5.74) is 0.941. The van der Waals surface area contributed by atoms with Crippen LogP contribution in [0.2, 0.25) is 0 Å². The highest BCUT2D eigenvalue weighted by Crippen LogP contribution is 2.37. The van der Waals surface area contributed by atoms with E-state index in [1.807, 2.05) is 46.8 Å². The van der Waals surface area contributed by atoms with Crippen molar-refractivity contribution in [3.63, 3.8) is 0 Å². The van der Waals surface area contributed by atoms with Crippen LogP contribution in [0, 0.1) is 5.92 Å². The van der Waals surface area contributed by atoms with E-state index in [0.29, 0.717) is 37.0 Å². The van der Waals surface area contributed by atoms with E-state index in [1.165, 1.54) is 0 Å². The first-order chi connectivity index (χ1) is 11.2. The summed E-state index contributed by atoms with van der Waals surface area (Å²) in [5.74, 6) is 0.819. The van der Waals surface area contributed by atoms with Crippen LogP contribution in [0.3, 0.4) is 0 Å². The number of aliphatic carboxylic acids is 1. The highest BCUT2D eigenvalue weighted by atomic mass is 79.9. The van der Waals surface area contributed by atoms with E-state index in [-0.39, 0.29) is 6.10 Å². The van der Waals surface area contributed by atoms with Gasteiger partial charge in [-0.3, -0.25) is 4.79 Å². The number of nitrogens with one attached hydrogen (secondary N) is 1. The van der Waals surface area contributed by atoms with Crippen LogP contribution in [0.15, 0.2) is 16.6 Å². The largest absolute Gasteiger partial charge is 0.490 e. The Morgan fingerprint density at radius 1 is 1.29 bits per heavy atom. The van der Waals surface area contributed by atoms with Crippen molar-refractivity contribution in [2.24, 2.45) is 5.92 Å². The smallest absolute Gasteiger partial charge is 0.320 e. The lowest BCUT2D eigenvalue weighted by Crippen LogP contribution is -2.37. The van der Waals surface area contributed by atoms with Gasteiger partial charge in [0, 0.05) is 6.54 Å². The van der Waals surface area contributed by atoms with E-state index in [9.17, 15) is 9.90 Å². The highest BCUT2D eigenvalue weighted by molar-refractivity contribution is 9.10. The molecule has 2 N–H and O–H groups in total. The molecule has 1 atom stereocenters. The van der Waals surface area contributed by atoms with Crippen LogP contribution in [0.4, 0.5) is 0 Å². The van der Waals surface area contributed by atoms with Crippen molar-refractivity contribution in [2.45, 2.75) is 59.7 Å². The SMILES string of the molecule is CCOc1cc(CNC(CC(C)C)C(=O)O)cc(Br)c1OC(C)C. The maximum absolute atomic E-state index is 11.4. The lowest BCUT2D eigenvalue weighted by Gasteiger charge is -2.19. The number of rotatable bonds is 10. The van der Waals surface area contributed by atoms with Crippen molar-refractivity contribution in [1.29, 1.82) is 0 Å². The van der Waals surface area contributed by atoms with Crippen LogP contribution in [-0.2, 0) is 11.3 Å². The van der Waals surface area contributed by atoms with E-state index < -0.39 is 12.0 Å². The molecule has 0 spiro atoms. The van der Waals surface area contributed by atoms with Gasteiger partial charge in [0.2, 0.25) is 0 Å². The molecule has 0 saturated carbocycles. The molecule has 5 nitrogen and oxygen atoms in total. The third kappa shape index (κ3) is 6.69. The minimum Gasteiger partial charge on any atom is -0.490 e. The minimum atomic E-state index is -0.826. The number of ether oxygens (including phenoxy) is 2. The molecule has 0 heterocycles. The van der Waals surface area contributed by atoms with Crippen LogP contribution in [-0.4, -0.2) is 29.8 Å². The van der Waals surface area contributed by atoms with E-state index in [4.69, 9.17) is 9.47 Å². The van der Waals surface area contributed by atoms with Gasteiger partial charge in [-0.25, -0.2) is 0 Å². The Balaban J connectivity index is 2.93. The number of carbonyl (C=O) groups is 1. The Bertz CT molecular complexity index is 546. The van der Waals surface area contributed by atoms with Gasteiger partial charge in [-0.05, 0) is 66.7 Å². The van der Waals surface area contributed by atoms with Gasteiger partial charge in [0.25, 0.3) is 0 Å². The molecule has 24 heavy (non-hydrogen) atoms. The zero-order valence-electron chi connectivity index (χ0n) is 15.1. The third-order valence-corrected chi connectivity index (χ3v) is 3.87. The maximum atomic E-state index is 11.4. The van der Waals surface area contributed by atoms with Crippen molar-refractivity contribution in [1.82, 2.24) is 5.32 Å². The topological polar surface area (TPSA) is 67.8 Å². The van der Waals surface area contributed by atoms with Crippen molar-refractivity contribution >= 4 is 21.9 Å².